The van der Waals surface area contributed by atoms with Crippen LogP contribution in [0.25, 0.3) is 0 Å². The highest BCUT2D eigenvalue weighted by molar-refractivity contribution is 14.0. The van der Waals surface area contributed by atoms with Gasteiger partial charge < -0.3 is 15.1 Å². The highest BCUT2D eigenvalue weighted by atomic mass is 127. The first kappa shape index (κ1) is 21.8. The van der Waals surface area contributed by atoms with E-state index in [1.807, 2.05) is 12.1 Å². The molecule has 27 heavy (non-hydrogen) atoms. The number of hydrogen-bond donors (Lipinski definition) is 2. The maximum Gasteiger partial charge on any atom is 0.191 e. The second-order valence-corrected chi connectivity index (χ2v) is 7.22. The molecule has 2 N–H and O–H groups in total. The van der Waals surface area contributed by atoms with Crippen LogP contribution in [0.5, 0.6) is 0 Å². The lowest BCUT2D eigenvalue weighted by molar-refractivity contribution is 0.258. The van der Waals surface area contributed by atoms with Crippen molar-refractivity contribution in [3.05, 3.63) is 60.1 Å². The zero-order valence-electron chi connectivity index (χ0n) is 16.4. The minimum Gasteiger partial charge on any atom is -0.468 e. The van der Waals surface area contributed by atoms with E-state index >= 15 is 0 Å². The highest BCUT2D eigenvalue weighted by Crippen LogP contribution is 2.48. The summed E-state index contributed by atoms with van der Waals surface area (Å²) in [5, 5.41) is 6.84. The topological polar surface area (TPSA) is 52.8 Å². The van der Waals surface area contributed by atoms with Gasteiger partial charge in [-0.05, 0) is 51.6 Å². The standard InChI is InChI=1S/C21H30N4O.HI/c1-4-22-20(23-15-18(25(2)3)19-11-8-14-26-19)24-16-21(12-13-21)17-9-6-5-7-10-17;/h5-11,14,18H,4,12-13,15-16H2,1-3H3,(H2,22,23,24);1H. The minimum atomic E-state index is 0. The van der Waals surface area contributed by atoms with Crippen LogP contribution in [0.4, 0.5) is 0 Å². The molecule has 0 spiro atoms. The molecule has 1 aromatic heterocycles. The number of furan rings is 1. The maximum atomic E-state index is 5.59. The van der Waals surface area contributed by atoms with Gasteiger partial charge in [-0.2, -0.15) is 0 Å². The molecule has 0 radical (unpaired) electrons. The van der Waals surface area contributed by atoms with E-state index in [0.29, 0.717) is 0 Å². The Morgan fingerprint density at radius 2 is 1.89 bits per heavy atom. The molecule has 1 unspecified atom stereocenters. The lowest BCUT2D eigenvalue weighted by Gasteiger charge is -2.24. The Morgan fingerprint density at radius 1 is 1.15 bits per heavy atom. The summed E-state index contributed by atoms with van der Waals surface area (Å²) in [6, 6.07) is 14.9. The van der Waals surface area contributed by atoms with Crippen LogP contribution in [0.2, 0.25) is 0 Å². The van der Waals surface area contributed by atoms with Gasteiger partial charge in [0.05, 0.1) is 18.8 Å². The lowest BCUT2D eigenvalue weighted by atomic mass is 9.96. The molecule has 1 aromatic carbocycles. The number of hydrogen-bond acceptors (Lipinski definition) is 3. The van der Waals surface area contributed by atoms with E-state index in [9.17, 15) is 0 Å². The number of nitrogens with one attached hydrogen (secondary N) is 2. The van der Waals surface area contributed by atoms with E-state index < -0.39 is 0 Å². The first-order chi connectivity index (χ1) is 12.6. The summed E-state index contributed by atoms with van der Waals surface area (Å²) in [4.78, 5) is 7.04. The summed E-state index contributed by atoms with van der Waals surface area (Å²) in [5.74, 6) is 1.83. The molecule has 0 amide bonds. The molecule has 1 fully saturated rings. The number of halogens is 1. The fourth-order valence-electron chi connectivity index (χ4n) is 3.26. The average molecular weight is 482 g/mol. The third-order valence-electron chi connectivity index (χ3n) is 5.08. The number of guanidine groups is 1. The van der Waals surface area contributed by atoms with Crippen molar-refractivity contribution in [2.75, 3.05) is 33.7 Å². The van der Waals surface area contributed by atoms with E-state index in [1.165, 1.54) is 18.4 Å². The van der Waals surface area contributed by atoms with Crippen molar-refractivity contribution < 1.29 is 4.42 Å². The molecule has 5 nitrogen and oxygen atoms in total. The monoisotopic (exact) mass is 482 g/mol. The molecule has 0 saturated heterocycles. The zero-order valence-corrected chi connectivity index (χ0v) is 18.8. The SMILES string of the molecule is CCNC(=NCC1(c2ccccc2)CC1)NCC(c1ccco1)N(C)C.I. The third kappa shape index (κ3) is 5.72. The fourth-order valence-corrected chi connectivity index (χ4v) is 3.26. The van der Waals surface area contributed by atoms with Crippen molar-refractivity contribution in [3.8, 4) is 0 Å². The predicted octanol–water partition coefficient (Wildman–Crippen LogP) is 3.79. The largest absolute Gasteiger partial charge is 0.468 e. The Balaban J connectivity index is 0.00000261. The van der Waals surface area contributed by atoms with Crippen molar-refractivity contribution in [1.29, 1.82) is 0 Å². The third-order valence-corrected chi connectivity index (χ3v) is 5.08. The predicted molar refractivity (Wildman–Crippen MR) is 122 cm³/mol. The van der Waals surface area contributed by atoms with Gasteiger partial charge in [-0.25, -0.2) is 0 Å². The number of nitrogens with zero attached hydrogens (tertiary/aromatic N) is 2. The van der Waals surface area contributed by atoms with Gasteiger partial charge in [0.25, 0.3) is 0 Å². The Hall–Kier alpha value is -1.54. The molecule has 6 heteroatoms. The van der Waals surface area contributed by atoms with Crippen molar-refractivity contribution >= 4 is 29.9 Å². The van der Waals surface area contributed by atoms with E-state index in [4.69, 9.17) is 9.41 Å². The first-order valence-electron chi connectivity index (χ1n) is 9.42. The number of rotatable bonds is 8. The average Bonchev–Trinajstić information content (AvgIpc) is 3.26. The van der Waals surface area contributed by atoms with Crippen molar-refractivity contribution in [2.24, 2.45) is 4.99 Å². The Labute approximate surface area is 179 Å². The van der Waals surface area contributed by atoms with Crippen molar-refractivity contribution in [3.63, 3.8) is 0 Å². The summed E-state index contributed by atoms with van der Waals surface area (Å²) in [7, 11) is 4.13. The maximum absolute atomic E-state index is 5.59. The molecule has 1 saturated carbocycles. The fraction of sp³-hybridized carbons (Fsp3) is 0.476. The van der Waals surface area contributed by atoms with Crippen LogP contribution < -0.4 is 10.6 Å². The second kappa shape index (κ2) is 10.1. The molecule has 148 valence electrons. The van der Waals surface area contributed by atoms with Crippen molar-refractivity contribution in [2.45, 2.75) is 31.2 Å². The Bertz CT molecular complexity index is 696. The van der Waals surface area contributed by atoms with E-state index in [-0.39, 0.29) is 35.4 Å². The van der Waals surface area contributed by atoms with Gasteiger partial charge in [0.15, 0.2) is 5.96 Å². The molecule has 0 bridgehead atoms. The quantitative estimate of drug-likeness (QED) is 0.342. The second-order valence-electron chi connectivity index (χ2n) is 7.22. The minimum absolute atomic E-state index is 0. The number of likely N-dealkylation sites (N-methyl/N-ethyl adjacent to an activating group) is 1. The van der Waals surface area contributed by atoms with Crippen LogP contribution >= 0.6 is 24.0 Å². The molecule has 2 aromatic rings. The highest BCUT2D eigenvalue weighted by Gasteiger charge is 2.44. The molecule has 3 rings (SSSR count). The summed E-state index contributed by atoms with van der Waals surface area (Å²) < 4.78 is 5.59. The number of benzene rings is 1. The lowest BCUT2D eigenvalue weighted by Crippen LogP contribution is -2.42. The van der Waals surface area contributed by atoms with Crippen LogP contribution in [-0.2, 0) is 5.41 Å². The zero-order chi connectivity index (χ0) is 18.4. The smallest absolute Gasteiger partial charge is 0.191 e. The van der Waals surface area contributed by atoms with E-state index in [0.717, 1.165) is 31.4 Å². The van der Waals surface area contributed by atoms with Gasteiger partial charge in [-0.3, -0.25) is 9.89 Å². The number of aliphatic imine (C=N–C) groups is 1. The molecule has 0 aliphatic heterocycles. The van der Waals surface area contributed by atoms with Gasteiger partial charge in [-0.1, -0.05) is 30.3 Å². The van der Waals surface area contributed by atoms with Gasteiger partial charge in [0.1, 0.15) is 5.76 Å². The van der Waals surface area contributed by atoms with Crippen LogP contribution in [0, 0.1) is 0 Å². The summed E-state index contributed by atoms with van der Waals surface area (Å²) in [5.41, 5.74) is 1.63. The van der Waals surface area contributed by atoms with Crippen LogP contribution in [0.3, 0.4) is 0 Å². The molecule has 1 aliphatic carbocycles. The molecule has 1 atom stereocenters. The van der Waals surface area contributed by atoms with E-state index in [1.54, 1.807) is 6.26 Å². The van der Waals surface area contributed by atoms with Gasteiger partial charge in [0.2, 0.25) is 0 Å². The molecule has 1 aliphatic rings. The summed E-state index contributed by atoms with van der Waals surface area (Å²) in [6.07, 6.45) is 4.15. The van der Waals surface area contributed by atoms with Crippen LogP contribution in [-0.4, -0.2) is 44.6 Å². The molecule has 1 heterocycles. The van der Waals surface area contributed by atoms with Crippen molar-refractivity contribution in [1.82, 2.24) is 15.5 Å². The van der Waals surface area contributed by atoms with Crippen LogP contribution in [0.15, 0.2) is 58.1 Å². The normalized spacial score (nSPS) is 16.5. The summed E-state index contributed by atoms with van der Waals surface area (Å²) in [6.45, 7) is 4.50. The van der Waals surface area contributed by atoms with Gasteiger partial charge >= 0.3 is 0 Å². The first-order valence-corrected chi connectivity index (χ1v) is 9.42. The molecular weight excluding hydrogens is 451 g/mol. The van der Waals surface area contributed by atoms with Gasteiger partial charge in [-0.15, -0.1) is 24.0 Å². The molecular formula is C21H31IN4O. The summed E-state index contributed by atoms with van der Waals surface area (Å²) >= 11 is 0. The van der Waals surface area contributed by atoms with Gasteiger partial charge in [0, 0.05) is 18.5 Å². The van der Waals surface area contributed by atoms with E-state index in [2.05, 4.69) is 66.9 Å². The Kier molecular flexibility index (Phi) is 8.16. The Morgan fingerprint density at radius 3 is 2.44 bits per heavy atom. The van der Waals surface area contributed by atoms with Crippen LogP contribution in [0.1, 0.15) is 37.1 Å².